The van der Waals surface area contributed by atoms with Gasteiger partial charge < -0.3 is 15.5 Å². The monoisotopic (exact) mass is 354 g/mol. The molecule has 2 aromatic rings. The van der Waals surface area contributed by atoms with E-state index in [9.17, 15) is 4.79 Å². The van der Waals surface area contributed by atoms with Crippen LogP contribution in [0.3, 0.4) is 0 Å². The van der Waals surface area contributed by atoms with Crippen molar-refractivity contribution in [2.24, 2.45) is 12.0 Å². The number of hydrogen-bond donors (Lipinski definition) is 2. The average molecular weight is 354 g/mol. The minimum atomic E-state index is 0.0478. The Labute approximate surface area is 154 Å². The van der Waals surface area contributed by atoms with E-state index in [4.69, 9.17) is 0 Å². The fraction of sp³-hybridized carbons (Fsp3) is 0.421. The Morgan fingerprint density at radius 3 is 2.73 bits per heavy atom. The number of carbonyl (C=O) groups is 1. The van der Waals surface area contributed by atoms with Crippen LogP contribution < -0.4 is 15.5 Å². The van der Waals surface area contributed by atoms with Crippen molar-refractivity contribution < 1.29 is 4.79 Å². The number of anilines is 1. The molecule has 0 saturated heterocycles. The third-order valence-corrected chi connectivity index (χ3v) is 4.91. The predicted octanol–water partition coefficient (Wildman–Crippen LogP) is 1.29. The lowest BCUT2D eigenvalue weighted by atomic mass is 10.2. The van der Waals surface area contributed by atoms with Crippen LogP contribution in [0.2, 0.25) is 0 Å². The van der Waals surface area contributed by atoms with Crippen molar-refractivity contribution in [1.82, 2.24) is 20.4 Å². The quantitative estimate of drug-likeness (QED) is 0.641. The molecule has 1 aromatic carbocycles. The van der Waals surface area contributed by atoms with Gasteiger partial charge in [-0.05, 0) is 31.9 Å². The van der Waals surface area contributed by atoms with Crippen LogP contribution in [0.15, 0.2) is 29.3 Å². The molecular weight excluding hydrogens is 328 g/mol. The highest BCUT2D eigenvalue weighted by Gasteiger charge is 2.23. The van der Waals surface area contributed by atoms with Gasteiger partial charge in [-0.15, -0.1) is 0 Å². The Kier molecular flexibility index (Phi) is 5.25. The van der Waals surface area contributed by atoms with Gasteiger partial charge in [-0.25, -0.2) is 0 Å². The van der Waals surface area contributed by atoms with Crippen LogP contribution in [0.4, 0.5) is 5.69 Å². The summed E-state index contributed by atoms with van der Waals surface area (Å²) >= 11 is 0. The molecule has 1 aliphatic heterocycles. The molecule has 1 aliphatic rings. The lowest BCUT2D eigenvalue weighted by Gasteiger charge is -2.19. The molecule has 0 unspecified atom stereocenters. The highest BCUT2D eigenvalue weighted by Crippen LogP contribution is 2.27. The van der Waals surface area contributed by atoms with Crippen LogP contribution in [0.25, 0.3) is 0 Å². The molecule has 1 amide bonds. The van der Waals surface area contributed by atoms with Crippen molar-refractivity contribution in [3.05, 3.63) is 46.8 Å². The van der Waals surface area contributed by atoms with Gasteiger partial charge in [0.1, 0.15) is 0 Å². The molecule has 138 valence electrons. The minimum absolute atomic E-state index is 0.0478. The van der Waals surface area contributed by atoms with Crippen LogP contribution in [-0.4, -0.2) is 41.8 Å². The summed E-state index contributed by atoms with van der Waals surface area (Å²) in [7, 11) is 3.64. The zero-order valence-electron chi connectivity index (χ0n) is 15.8. The first-order chi connectivity index (χ1) is 12.5. The Morgan fingerprint density at radius 1 is 1.27 bits per heavy atom. The molecule has 0 aliphatic carbocycles. The lowest BCUT2D eigenvalue weighted by Crippen LogP contribution is -2.44. The number of aryl methyl sites for hydroxylation is 2. The number of aromatic nitrogens is 2. The maximum atomic E-state index is 12.6. The number of fused-ring (bicyclic) bond motifs is 1. The SMILES string of the molecule is CN=C(NCC(=O)N1CCc2ccccc21)NCc1c(C)nn(C)c1C. The summed E-state index contributed by atoms with van der Waals surface area (Å²) in [6, 6.07) is 8.06. The van der Waals surface area contributed by atoms with Crippen LogP contribution in [-0.2, 0) is 24.8 Å². The van der Waals surface area contributed by atoms with Gasteiger partial charge in [0, 0.05) is 44.1 Å². The van der Waals surface area contributed by atoms with Gasteiger partial charge in [-0.2, -0.15) is 5.10 Å². The molecule has 7 nitrogen and oxygen atoms in total. The minimum Gasteiger partial charge on any atom is -0.352 e. The number of para-hydroxylation sites is 1. The molecule has 26 heavy (non-hydrogen) atoms. The summed E-state index contributed by atoms with van der Waals surface area (Å²) in [5, 5.41) is 10.8. The molecular formula is C19H26N6O. The number of amides is 1. The van der Waals surface area contributed by atoms with E-state index in [0.29, 0.717) is 12.5 Å². The van der Waals surface area contributed by atoms with Crippen molar-refractivity contribution in [3.63, 3.8) is 0 Å². The molecule has 2 heterocycles. The smallest absolute Gasteiger partial charge is 0.246 e. The van der Waals surface area contributed by atoms with E-state index in [0.717, 1.165) is 35.6 Å². The van der Waals surface area contributed by atoms with E-state index < -0.39 is 0 Å². The Balaban J connectivity index is 1.55. The Hall–Kier alpha value is -2.83. The second kappa shape index (κ2) is 7.59. The summed E-state index contributed by atoms with van der Waals surface area (Å²) < 4.78 is 1.87. The van der Waals surface area contributed by atoms with Crippen molar-refractivity contribution in [2.75, 3.05) is 25.0 Å². The van der Waals surface area contributed by atoms with E-state index in [1.54, 1.807) is 7.05 Å². The van der Waals surface area contributed by atoms with Gasteiger partial charge in [-0.1, -0.05) is 18.2 Å². The van der Waals surface area contributed by atoms with E-state index in [-0.39, 0.29) is 12.5 Å². The Bertz CT molecular complexity index is 839. The average Bonchev–Trinajstić information content (AvgIpc) is 3.17. The van der Waals surface area contributed by atoms with Gasteiger partial charge in [-0.3, -0.25) is 14.5 Å². The van der Waals surface area contributed by atoms with Gasteiger partial charge in [0.25, 0.3) is 0 Å². The van der Waals surface area contributed by atoms with Crippen molar-refractivity contribution in [1.29, 1.82) is 0 Å². The molecule has 2 N–H and O–H groups in total. The first-order valence-corrected chi connectivity index (χ1v) is 8.83. The topological polar surface area (TPSA) is 74.6 Å². The van der Waals surface area contributed by atoms with Gasteiger partial charge in [0.15, 0.2) is 5.96 Å². The van der Waals surface area contributed by atoms with Gasteiger partial charge >= 0.3 is 0 Å². The number of guanidine groups is 1. The lowest BCUT2D eigenvalue weighted by molar-refractivity contribution is -0.117. The highest BCUT2D eigenvalue weighted by atomic mass is 16.2. The van der Waals surface area contributed by atoms with Crippen LogP contribution in [0.1, 0.15) is 22.5 Å². The molecule has 3 rings (SSSR count). The van der Waals surface area contributed by atoms with Crippen molar-refractivity contribution >= 4 is 17.6 Å². The molecule has 1 aromatic heterocycles. The second-order valence-corrected chi connectivity index (χ2v) is 6.48. The van der Waals surface area contributed by atoms with Crippen molar-refractivity contribution in [3.8, 4) is 0 Å². The van der Waals surface area contributed by atoms with Crippen molar-refractivity contribution in [2.45, 2.75) is 26.8 Å². The van der Waals surface area contributed by atoms with Gasteiger partial charge in [0.05, 0.1) is 12.2 Å². The normalized spacial score (nSPS) is 13.7. The fourth-order valence-electron chi connectivity index (χ4n) is 3.32. The highest BCUT2D eigenvalue weighted by molar-refractivity contribution is 5.98. The Morgan fingerprint density at radius 2 is 2.04 bits per heavy atom. The predicted molar refractivity (Wildman–Crippen MR) is 103 cm³/mol. The fourth-order valence-corrected chi connectivity index (χ4v) is 3.32. The molecule has 0 spiro atoms. The van der Waals surface area contributed by atoms with E-state index in [1.807, 2.05) is 48.7 Å². The van der Waals surface area contributed by atoms with Gasteiger partial charge in [0.2, 0.25) is 5.91 Å². The molecule has 0 fully saturated rings. The zero-order valence-corrected chi connectivity index (χ0v) is 15.8. The number of benzene rings is 1. The number of nitrogens with one attached hydrogen (secondary N) is 2. The summed E-state index contributed by atoms with van der Waals surface area (Å²) in [6.45, 7) is 5.60. The van der Waals surface area contributed by atoms with E-state index in [1.165, 1.54) is 5.56 Å². The summed E-state index contributed by atoms with van der Waals surface area (Å²) in [6.07, 6.45) is 0.911. The third kappa shape index (κ3) is 3.56. The molecule has 0 saturated carbocycles. The summed E-state index contributed by atoms with van der Waals surface area (Å²) in [5.41, 5.74) is 5.51. The first kappa shape index (κ1) is 18.0. The van der Waals surface area contributed by atoms with Crippen LogP contribution in [0.5, 0.6) is 0 Å². The second-order valence-electron chi connectivity index (χ2n) is 6.48. The molecule has 7 heteroatoms. The molecule has 0 atom stereocenters. The standard InChI is InChI=1S/C19H26N6O/c1-13-16(14(2)24(4)23-13)11-21-19(20-3)22-12-18(26)25-10-9-15-7-5-6-8-17(15)25/h5-8H,9-12H2,1-4H3,(H2,20,21,22). The number of carbonyl (C=O) groups excluding carboxylic acids is 1. The molecule has 0 radical (unpaired) electrons. The molecule has 0 bridgehead atoms. The maximum absolute atomic E-state index is 12.6. The van der Waals surface area contributed by atoms with E-state index in [2.05, 4.69) is 26.8 Å². The first-order valence-electron chi connectivity index (χ1n) is 8.83. The maximum Gasteiger partial charge on any atom is 0.246 e. The van der Waals surface area contributed by atoms with E-state index >= 15 is 0 Å². The van der Waals surface area contributed by atoms with Crippen LogP contribution in [0, 0.1) is 13.8 Å². The number of hydrogen-bond acceptors (Lipinski definition) is 3. The van der Waals surface area contributed by atoms with Crippen LogP contribution >= 0.6 is 0 Å². The zero-order chi connectivity index (χ0) is 18.7. The summed E-state index contributed by atoms with van der Waals surface area (Å²) in [5.74, 6) is 0.653. The largest absolute Gasteiger partial charge is 0.352 e. The summed E-state index contributed by atoms with van der Waals surface area (Å²) in [4.78, 5) is 18.6. The third-order valence-electron chi connectivity index (χ3n) is 4.91. The number of aliphatic imine (C=N–C) groups is 1. The number of nitrogens with zero attached hydrogens (tertiary/aromatic N) is 4. The number of rotatable bonds is 4.